The Hall–Kier alpha value is -3.00. The summed E-state index contributed by atoms with van der Waals surface area (Å²) in [4.78, 5) is 22.9. The van der Waals surface area contributed by atoms with Crippen LogP contribution in [0.15, 0.2) is 36.7 Å². The SMILES string of the molecule is C.COCC1CCN(c2ncc(-c3cccc(COC(=O)CC(=N)N)c3)cn2)CC1. The number of nitrogens with two attached hydrogens (primary N) is 1. The van der Waals surface area contributed by atoms with Crippen molar-refractivity contribution >= 4 is 17.8 Å². The maximum Gasteiger partial charge on any atom is 0.313 e. The zero-order valence-electron chi connectivity index (χ0n) is 16.6. The molecule has 1 aromatic carbocycles. The first-order valence-corrected chi connectivity index (χ1v) is 9.69. The maximum atomic E-state index is 11.6. The van der Waals surface area contributed by atoms with Crippen molar-refractivity contribution in [3.8, 4) is 11.1 Å². The van der Waals surface area contributed by atoms with E-state index in [1.807, 2.05) is 36.7 Å². The van der Waals surface area contributed by atoms with Crippen LogP contribution in [0.4, 0.5) is 5.95 Å². The normalized spacial score (nSPS) is 14.1. The number of nitrogens with zero attached hydrogens (tertiary/aromatic N) is 3. The predicted octanol–water partition coefficient (Wildman–Crippen LogP) is 3.01. The second kappa shape index (κ2) is 11.3. The summed E-state index contributed by atoms with van der Waals surface area (Å²) in [6, 6.07) is 7.69. The molecular formula is C22H31N5O3. The zero-order chi connectivity index (χ0) is 20.6. The molecule has 2 heterocycles. The first kappa shape index (κ1) is 23.3. The third-order valence-corrected chi connectivity index (χ3v) is 4.93. The number of carbonyl (C=O) groups excluding carboxylic acids is 1. The minimum Gasteiger partial charge on any atom is -0.460 e. The summed E-state index contributed by atoms with van der Waals surface area (Å²) in [7, 11) is 1.75. The maximum absolute atomic E-state index is 11.6. The quantitative estimate of drug-likeness (QED) is 0.388. The topological polar surface area (TPSA) is 114 Å². The molecule has 8 nitrogen and oxygen atoms in total. The number of methoxy groups -OCH3 is 1. The molecule has 1 fully saturated rings. The van der Waals surface area contributed by atoms with E-state index in [4.69, 9.17) is 20.6 Å². The van der Waals surface area contributed by atoms with Gasteiger partial charge in [0.25, 0.3) is 0 Å². The van der Waals surface area contributed by atoms with Crippen LogP contribution in [0.3, 0.4) is 0 Å². The minimum atomic E-state index is -0.509. The number of esters is 1. The molecule has 3 N–H and O–H groups in total. The molecule has 3 rings (SSSR count). The highest BCUT2D eigenvalue weighted by molar-refractivity contribution is 5.94. The highest BCUT2D eigenvalue weighted by atomic mass is 16.5. The van der Waals surface area contributed by atoms with Gasteiger partial charge >= 0.3 is 5.97 Å². The van der Waals surface area contributed by atoms with Gasteiger partial charge < -0.3 is 20.1 Å². The Bertz CT molecular complexity index is 833. The van der Waals surface area contributed by atoms with E-state index in [1.165, 1.54) is 0 Å². The van der Waals surface area contributed by atoms with Crippen molar-refractivity contribution in [1.82, 2.24) is 9.97 Å². The molecule has 8 heteroatoms. The van der Waals surface area contributed by atoms with Gasteiger partial charge in [0.2, 0.25) is 5.95 Å². The van der Waals surface area contributed by atoms with Crippen LogP contribution in [0.25, 0.3) is 11.1 Å². The zero-order valence-corrected chi connectivity index (χ0v) is 16.6. The summed E-state index contributed by atoms with van der Waals surface area (Å²) >= 11 is 0. The standard InChI is InChI=1S/C21H27N5O3.CH4/c1-28-13-15-5-7-26(8-6-15)21-24-11-18(12-25-21)17-4-2-3-16(9-17)14-29-20(27)10-19(22)23;/h2-4,9,11-12,15H,5-8,10,13-14H2,1H3,(H3,22,23);1H4. The van der Waals surface area contributed by atoms with Gasteiger partial charge in [0.05, 0.1) is 0 Å². The van der Waals surface area contributed by atoms with Crippen molar-refractivity contribution in [3.63, 3.8) is 0 Å². The number of nitrogens with one attached hydrogen (secondary N) is 1. The van der Waals surface area contributed by atoms with Crippen molar-refractivity contribution in [2.75, 3.05) is 31.7 Å². The fourth-order valence-electron chi connectivity index (χ4n) is 3.38. The number of hydrogen-bond acceptors (Lipinski definition) is 7. The third kappa shape index (κ3) is 6.52. The predicted molar refractivity (Wildman–Crippen MR) is 117 cm³/mol. The Labute approximate surface area is 177 Å². The average molecular weight is 414 g/mol. The lowest BCUT2D eigenvalue weighted by Gasteiger charge is -2.31. The Balaban J connectivity index is 0.00000320. The van der Waals surface area contributed by atoms with Crippen LogP contribution in [0.1, 0.15) is 32.3 Å². The van der Waals surface area contributed by atoms with Crippen molar-refractivity contribution in [3.05, 3.63) is 42.2 Å². The van der Waals surface area contributed by atoms with E-state index in [0.717, 1.165) is 55.2 Å². The van der Waals surface area contributed by atoms with Crippen molar-refractivity contribution < 1.29 is 14.3 Å². The molecule has 0 atom stereocenters. The van der Waals surface area contributed by atoms with E-state index in [9.17, 15) is 4.79 Å². The summed E-state index contributed by atoms with van der Waals surface area (Å²) < 4.78 is 10.4. The second-order valence-corrected chi connectivity index (χ2v) is 7.22. The highest BCUT2D eigenvalue weighted by Crippen LogP contribution is 2.23. The van der Waals surface area contributed by atoms with Crippen molar-refractivity contribution in [2.45, 2.75) is 33.3 Å². The lowest BCUT2D eigenvalue weighted by molar-refractivity contribution is -0.143. The number of benzene rings is 1. The number of ether oxygens (including phenoxy) is 2. The van der Waals surface area contributed by atoms with Crippen molar-refractivity contribution in [2.24, 2.45) is 11.7 Å². The largest absolute Gasteiger partial charge is 0.460 e. The second-order valence-electron chi connectivity index (χ2n) is 7.22. The fourth-order valence-corrected chi connectivity index (χ4v) is 3.38. The van der Waals surface area contributed by atoms with Gasteiger partial charge in [0, 0.05) is 44.8 Å². The molecule has 1 aliphatic rings. The van der Waals surface area contributed by atoms with E-state index in [1.54, 1.807) is 7.11 Å². The Morgan fingerprint density at radius 2 is 1.93 bits per heavy atom. The number of aromatic nitrogens is 2. The molecule has 162 valence electrons. The van der Waals surface area contributed by atoms with Crippen LogP contribution in [-0.2, 0) is 20.9 Å². The summed E-state index contributed by atoms with van der Waals surface area (Å²) in [5.41, 5.74) is 7.92. The van der Waals surface area contributed by atoms with Gasteiger partial charge in [-0.25, -0.2) is 9.97 Å². The molecular weight excluding hydrogens is 382 g/mol. The molecule has 1 aliphatic heterocycles. The summed E-state index contributed by atoms with van der Waals surface area (Å²) in [6.07, 6.45) is 5.62. The Morgan fingerprint density at radius 1 is 1.23 bits per heavy atom. The van der Waals surface area contributed by atoms with E-state index < -0.39 is 5.97 Å². The van der Waals surface area contributed by atoms with Crippen LogP contribution in [-0.4, -0.2) is 48.6 Å². The van der Waals surface area contributed by atoms with Crippen LogP contribution < -0.4 is 10.6 Å². The third-order valence-electron chi connectivity index (χ3n) is 4.93. The minimum absolute atomic E-state index is 0. The van der Waals surface area contributed by atoms with Gasteiger partial charge in [-0.2, -0.15) is 0 Å². The van der Waals surface area contributed by atoms with Crippen molar-refractivity contribution in [1.29, 1.82) is 5.41 Å². The molecule has 30 heavy (non-hydrogen) atoms. The number of anilines is 1. The molecule has 0 radical (unpaired) electrons. The number of piperidine rings is 1. The molecule has 0 amide bonds. The van der Waals surface area contributed by atoms with Crippen LogP contribution in [0.2, 0.25) is 0 Å². The monoisotopic (exact) mass is 413 g/mol. The number of amidine groups is 1. The number of rotatable bonds is 8. The van der Waals surface area contributed by atoms with Gasteiger partial charge in [-0.3, -0.25) is 10.2 Å². The van der Waals surface area contributed by atoms with Gasteiger partial charge in [0.1, 0.15) is 18.9 Å². The Morgan fingerprint density at radius 3 is 2.57 bits per heavy atom. The Kier molecular flexibility index (Phi) is 8.73. The van der Waals surface area contributed by atoms with E-state index >= 15 is 0 Å². The van der Waals surface area contributed by atoms with Gasteiger partial charge in [-0.05, 0) is 36.0 Å². The smallest absolute Gasteiger partial charge is 0.313 e. The van der Waals surface area contributed by atoms with Crippen LogP contribution in [0, 0.1) is 11.3 Å². The summed E-state index contributed by atoms with van der Waals surface area (Å²) in [6.45, 7) is 2.83. The molecule has 1 saturated heterocycles. The molecule has 1 aromatic heterocycles. The summed E-state index contributed by atoms with van der Waals surface area (Å²) in [5, 5.41) is 7.13. The van der Waals surface area contributed by atoms with E-state index in [0.29, 0.717) is 5.92 Å². The number of carbonyl (C=O) groups is 1. The lowest BCUT2D eigenvalue weighted by atomic mass is 9.98. The number of hydrogen-bond donors (Lipinski definition) is 2. The first-order chi connectivity index (χ1) is 14.0. The van der Waals surface area contributed by atoms with E-state index in [-0.39, 0.29) is 26.3 Å². The fraction of sp³-hybridized carbons (Fsp3) is 0.455. The molecule has 0 unspecified atom stereocenters. The first-order valence-electron chi connectivity index (χ1n) is 9.69. The molecule has 0 spiro atoms. The summed E-state index contributed by atoms with van der Waals surface area (Å²) in [5.74, 6) is 0.649. The average Bonchev–Trinajstić information content (AvgIpc) is 2.73. The van der Waals surface area contributed by atoms with E-state index in [2.05, 4.69) is 14.9 Å². The van der Waals surface area contributed by atoms with Gasteiger partial charge in [-0.1, -0.05) is 25.6 Å². The molecule has 0 bridgehead atoms. The van der Waals surface area contributed by atoms with Crippen LogP contribution in [0.5, 0.6) is 0 Å². The van der Waals surface area contributed by atoms with Crippen LogP contribution >= 0.6 is 0 Å². The molecule has 0 aliphatic carbocycles. The molecule has 0 saturated carbocycles. The highest BCUT2D eigenvalue weighted by Gasteiger charge is 2.20. The lowest BCUT2D eigenvalue weighted by Crippen LogP contribution is -2.36. The van der Waals surface area contributed by atoms with Gasteiger partial charge in [0.15, 0.2) is 0 Å². The molecule has 2 aromatic rings. The van der Waals surface area contributed by atoms with Gasteiger partial charge in [-0.15, -0.1) is 0 Å².